The lowest BCUT2D eigenvalue weighted by atomic mass is 10.3. The fraction of sp³-hybridized carbons (Fsp3) is 0.375. The molecule has 3 nitrogen and oxygen atoms in total. The van der Waals surface area contributed by atoms with Crippen LogP contribution in [0.5, 0.6) is 0 Å². The van der Waals surface area contributed by atoms with Crippen LogP contribution in [0.25, 0.3) is 0 Å². The highest BCUT2D eigenvalue weighted by atomic mass is 35.5. The molecule has 0 aromatic carbocycles. The number of hydrogen-bond acceptors (Lipinski definition) is 3. The van der Waals surface area contributed by atoms with Crippen LogP contribution in [0, 0.1) is 0 Å². The number of nitrogens with zero attached hydrogens (tertiary/aromatic N) is 1. The summed E-state index contributed by atoms with van der Waals surface area (Å²) in [4.78, 5) is 3.91. The van der Waals surface area contributed by atoms with Gasteiger partial charge in [0, 0.05) is 32.2 Å². The monoisotopic (exact) mass is 187 g/mol. The minimum Gasteiger partial charge on any atom is -0.352 e. The van der Waals surface area contributed by atoms with E-state index in [0.717, 1.165) is 5.56 Å². The van der Waals surface area contributed by atoms with Gasteiger partial charge < -0.3 is 9.47 Å². The fourth-order valence-corrected chi connectivity index (χ4v) is 1.11. The fourth-order valence-electron chi connectivity index (χ4n) is 0.926. The number of methoxy groups -OCH3 is 2. The molecule has 1 heterocycles. The topological polar surface area (TPSA) is 31.4 Å². The number of pyridine rings is 1. The molecule has 66 valence electrons. The molecule has 0 aliphatic carbocycles. The first kappa shape index (κ1) is 9.45. The Balaban J connectivity index is 2.85. The van der Waals surface area contributed by atoms with Crippen molar-refractivity contribution >= 4 is 11.6 Å². The van der Waals surface area contributed by atoms with Crippen LogP contribution in [-0.2, 0) is 9.47 Å². The van der Waals surface area contributed by atoms with E-state index in [1.165, 1.54) is 0 Å². The Morgan fingerprint density at radius 2 is 2.00 bits per heavy atom. The molecule has 0 radical (unpaired) electrons. The second-order valence-corrected chi connectivity index (χ2v) is 2.68. The van der Waals surface area contributed by atoms with Gasteiger partial charge in [0.05, 0.1) is 5.02 Å². The summed E-state index contributed by atoms with van der Waals surface area (Å²) >= 11 is 5.73. The molecule has 0 saturated carbocycles. The maximum absolute atomic E-state index is 5.73. The van der Waals surface area contributed by atoms with E-state index < -0.39 is 6.29 Å². The van der Waals surface area contributed by atoms with E-state index in [9.17, 15) is 0 Å². The van der Waals surface area contributed by atoms with Crippen molar-refractivity contribution in [3.63, 3.8) is 0 Å². The lowest BCUT2D eigenvalue weighted by Gasteiger charge is -2.12. The molecule has 0 atom stereocenters. The van der Waals surface area contributed by atoms with Gasteiger partial charge in [0.15, 0.2) is 6.29 Å². The van der Waals surface area contributed by atoms with Crippen molar-refractivity contribution in [3.05, 3.63) is 29.0 Å². The van der Waals surface area contributed by atoms with Crippen molar-refractivity contribution in [2.75, 3.05) is 14.2 Å². The van der Waals surface area contributed by atoms with Gasteiger partial charge in [-0.3, -0.25) is 4.98 Å². The SMILES string of the molecule is COC(OC)c1cncc(Cl)c1. The van der Waals surface area contributed by atoms with Crippen LogP contribution in [0.1, 0.15) is 11.9 Å². The summed E-state index contributed by atoms with van der Waals surface area (Å²) in [6, 6.07) is 1.76. The molecular weight excluding hydrogens is 178 g/mol. The Morgan fingerprint density at radius 3 is 2.50 bits per heavy atom. The molecule has 0 saturated heterocycles. The Hall–Kier alpha value is -0.640. The zero-order chi connectivity index (χ0) is 8.97. The van der Waals surface area contributed by atoms with Crippen molar-refractivity contribution in [2.24, 2.45) is 0 Å². The normalized spacial score (nSPS) is 10.7. The Morgan fingerprint density at radius 1 is 1.33 bits per heavy atom. The van der Waals surface area contributed by atoms with E-state index in [-0.39, 0.29) is 0 Å². The van der Waals surface area contributed by atoms with Gasteiger partial charge in [-0.2, -0.15) is 0 Å². The second kappa shape index (κ2) is 4.40. The highest BCUT2D eigenvalue weighted by Gasteiger charge is 2.08. The van der Waals surface area contributed by atoms with Gasteiger partial charge in [0.2, 0.25) is 0 Å². The average molecular weight is 188 g/mol. The van der Waals surface area contributed by atoms with Gasteiger partial charge in [0.1, 0.15) is 0 Å². The van der Waals surface area contributed by atoms with Crippen molar-refractivity contribution in [1.29, 1.82) is 0 Å². The molecule has 12 heavy (non-hydrogen) atoms. The first-order valence-electron chi connectivity index (χ1n) is 3.44. The third-order valence-corrected chi connectivity index (χ3v) is 1.63. The number of halogens is 1. The Labute approximate surface area is 76.3 Å². The van der Waals surface area contributed by atoms with Crippen LogP contribution in [-0.4, -0.2) is 19.2 Å². The molecule has 1 rings (SSSR count). The van der Waals surface area contributed by atoms with Crippen LogP contribution < -0.4 is 0 Å². The molecule has 0 unspecified atom stereocenters. The quantitative estimate of drug-likeness (QED) is 0.679. The zero-order valence-corrected chi connectivity index (χ0v) is 7.71. The van der Waals surface area contributed by atoms with Gasteiger partial charge in [-0.25, -0.2) is 0 Å². The molecule has 0 amide bonds. The van der Waals surface area contributed by atoms with Crippen LogP contribution in [0.3, 0.4) is 0 Å². The first-order valence-corrected chi connectivity index (χ1v) is 3.81. The molecule has 0 aliphatic rings. The number of hydrogen-bond donors (Lipinski definition) is 0. The van der Waals surface area contributed by atoms with Crippen LogP contribution in [0.4, 0.5) is 0 Å². The summed E-state index contributed by atoms with van der Waals surface area (Å²) in [5.41, 5.74) is 0.813. The predicted octanol–water partition coefficient (Wildman–Crippen LogP) is 2.03. The summed E-state index contributed by atoms with van der Waals surface area (Å²) in [5, 5.41) is 0.576. The molecule has 4 heteroatoms. The van der Waals surface area contributed by atoms with Crippen molar-refractivity contribution in [3.8, 4) is 0 Å². The Bertz CT molecular complexity index is 251. The lowest BCUT2D eigenvalue weighted by Crippen LogP contribution is -2.03. The highest BCUT2D eigenvalue weighted by Crippen LogP contribution is 2.18. The molecule has 0 N–H and O–H groups in total. The number of aromatic nitrogens is 1. The Kier molecular flexibility index (Phi) is 3.47. The summed E-state index contributed by atoms with van der Waals surface area (Å²) in [5.74, 6) is 0. The van der Waals surface area contributed by atoms with E-state index in [0.29, 0.717) is 5.02 Å². The van der Waals surface area contributed by atoms with E-state index in [4.69, 9.17) is 21.1 Å². The molecule has 0 spiro atoms. The lowest BCUT2D eigenvalue weighted by molar-refractivity contribution is -0.106. The first-order chi connectivity index (χ1) is 5.77. The van der Waals surface area contributed by atoms with Crippen molar-refractivity contribution in [2.45, 2.75) is 6.29 Å². The smallest absolute Gasteiger partial charge is 0.184 e. The van der Waals surface area contributed by atoms with Crippen molar-refractivity contribution in [1.82, 2.24) is 4.98 Å². The van der Waals surface area contributed by atoms with Gasteiger partial charge in [-0.05, 0) is 6.07 Å². The van der Waals surface area contributed by atoms with E-state index in [1.54, 1.807) is 32.7 Å². The van der Waals surface area contributed by atoms with Crippen LogP contribution in [0.2, 0.25) is 5.02 Å². The molecule has 0 fully saturated rings. The molecule has 1 aromatic heterocycles. The maximum atomic E-state index is 5.73. The summed E-state index contributed by atoms with van der Waals surface area (Å²) < 4.78 is 10.0. The summed E-state index contributed by atoms with van der Waals surface area (Å²) in [6.07, 6.45) is 2.83. The van der Waals surface area contributed by atoms with Crippen molar-refractivity contribution < 1.29 is 9.47 Å². The second-order valence-electron chi connectivity index (χ2n) is 2.24. The molecule has 0 bridgehead atoms. The minimum absolute atomic E-state index is 0.392. The van der Waals surface area contributed by atoms with E-state index in [2.05, 4.69) is 4.98 Å². The molecular formula is C8H10ClNO2. The summed E-state index contributed by atoms with van der Waals surface area (Å²) in [6.45, 7) is 0. The van der Waals surface area contributed by atoms with E-state index in [1.807, 2.05) is 0 Å². The highest BCUT2D eigenvalue weighted by molar-refractivity contribution is 6.30. The van der Waals surface area contributed by atoms with E-state index >= 15 is 0 Å². The average Bonchev–Trinajstić information content (AvgIpc) is 2.07. The van der Waals surface area contributed by atoms with Gasteiger partial charge in [-0.1, -0.05) is 11.6 Å². The predicted molar refractivity (Wildman–Crippen MR) is 46.0 cm³/mol. The molecule has 1 aromatic rings. The van der Waals surface area contributed by atoms with Gasteiger partial charge in [0.25, 0.3) is 0 Å². The third-order valence-electron chi connectivity index (χ3n) is 1.43. The zero-order valence-electron chi connectivity index (χ0n) is 6.95. The maximum Gasteiger partial charge on any atom is 0.184 e. The van der Waals surface area contributed by atoms with Crippen LogP contribution in [0.15, 0.2) is 18.5 Å². The largest absolute Gasteiger partial charge is 0.352 e. The van der Waals surface area contributed by atoms with Gasteiger partial charge in [-0.15, -0.1) is 0 Å². The van der Waals surface area contributed by atoms with Crippen LogP contribution >= 0.6 is 11.6 Å². The third kappa shape index (κ3) is 2.17. The standard InChI is InChI=1S/C8H10ClNO2/c1-11-8(12-2)6-3-7(9)5-10-4-6/h3-5,8H,1-2H3. The van der Waals surface area contributed by atoms with Gasteiger partial charge >= 0.3 is 0 Å². The number of ether oxygens (including phenoxy) is 2. The minimum atomic E-state index is -0.392. The summed E-state index contributed by atoms with van der Waals surface area (Å²) in [7, 11) is 3.13. The number of rotatable bonds is 3. The molecule has 0 aliphatic heterocycles.